The number of anilines is 4. The van der Waals surface area contributed by atoms with Gasteiger partial charge in [-0.2, -0.15) is 18.3 Å². The van der Waals surface area contributed by atoms with Crippen LogP contribution in [-0.4, -0.2) is 49.5 Å². The Bertz CT molecular complexity index is 1710. The van der Waals surface area contributed by atoms with Gasteiger partial charge in [0.1, 0.15) is 12.1 Å². The van der Waals surface area contributed by atoms with Gasteiger partial charge in [-0.15, -0.1) is 0 Å². The first-order valence-electron chi connectivity index (χ1n) is 11.8. The largest absolute Gasteiger partial charge is 0.416 e. The fraction of sp³-hybridized carbons (Fsp3) is 0.192. The molecule has 0 saturated heterocycles. The number of rotatable bonds is 6. The highest BCUT2D eigenvalue weighted by Crippen LogP contribution is 2.36. The maximum atomic E-state index is 13.8. The molecule has 200 valence electrons. The summed E-state index contributed by atoms with van der Waals surface area (Å²) in [4.78, 5) is 27.2. The molecule has 0 aliphatic heterocycles. The molecule has 2 aromatic carbocycles. The molecule has 10 nitrogen and oxygen atoms in total. The summed E-state index contributed by atoms with van der Waals surface area (Å²) < 4.78 is 42.7. The Morgan fingerprint density at radius 2 is 1.87 bits per heavy atom. The van der Waals surface area contributed by atoms with Gasteiger partial charge in [-0.05, 0) is 50.3 Å². The Kier molecular flexibility index (Phi) is 6.52. The van der Waals surface area contributed by atoms with E-state index in [1.807, 2.05) is 6.92 Å². The standard InChI is InChI=1S/C26H24F3N9O/c1-14-4-7-18-17(21(14)36-25(39)20-11-32-24-22(30)33-13-34-38(20)24)8-9-31-23(18)35-16-6-5-15(12-37(2)3)19(10-16)26(27,28)29/h4-11,13H,12H2,1-3H3,(H,31,35)(H,36,39)(H2,30,33,34). The number of amides is 1. The second-order valence-corrected chi connectivity index (χ2v) is 9.22. The fourth-order valence-electron chi connectivity index (χ4n) is 4.33. The number of fused-ring (bicyclic) bond motifs is 2. The van der Waals surface area contributed by atoms with Crippen LogP contribution < -0.4 is 16.4 Å². The van der Waals surface area contributed by atoms with Crippen molar-refractivity contribution in [3.63, 3.8) is 0 Å². The molecule has 1 amide bonds. The summed E-state index contributed by atoms with van der Waals surface area (Å²) in [6.45, 7) is 1.98. The fourth-order valence-corrected chi connectivity index (χ4v) is 4.33. The number of hydrogen-bond acceptors (Lipinski definition) is 8. The number of aryl methyl sites for hydroxylation is 1. The monoisotopic (exact) mass is 535 g/mol. The van der Waals surface area contributed by atoms with Crippen LogP contribution >= 0.6 is 0 Å². The lowest BCUT2D eigenvalue weighted by Gasteiger charge is -2.18. The van der Waals surface area contributed by atoms with Crippen LogP contribution in [0.1, 0.15) is 27.2 Å². The van der Waals surface area contributed by atoms with Gasteiger partial charge in [0.15, 0.2) is 17.2 Å². The molecular formula is C26H24F3N9O. The zero-order valence-corrected chi connectivity index (χ0v) is 21.2. The molecule has 0 aliphatic rings. The minimum atomic E-state index is -4.52. The molecule has 5 rings (SSSR count). The molecule has 0 radical (unpaired) electrons. The van der Waals surface area contributed by atoms with Gasteiger partial charge in [-0.3, -0.25) is 4.79 Å². The Hall–Kier alpha value is -4.78. The van der Waals surface area contributed by atoms with Gasteiger partial charge in [-0.25, -0.2) is 19.5 Å². The van der Waals surface area contributed by atoms with Crippen molar-refractivity contribution in [2.45, 2.75) is 19.6 Å². The summed E-state index contributed by atoms with van der Waals surface area (Å²) in [5.74, 6) is -0.00349. The van der Waals surface area contributed by atoms with Crippen LogP contribution in [0.3, 0.4) is 0 Å². The Morgan fingerprint density at radius 1 is 1.08 bits per heavy atom. The maximum Gasteiger partial charge on any atom is 0.416 e. The van der Waals surface area contributed by atoms with E-state index in [1.165, 1.54) is 29.3 Å². The summed E-state index contributed by atoms with van der Waals surface area (Å²) in [5.41, 5.74) is 7.19. The molecule has 4 N–H and O–H groups in total. The van der Waals surface area contributed by atoms with Gasteiger partial charge >= 0.3 is 6.18 Å². The molecule has 0 spiro atoms. The third kappa shape index (κ3) is 5.03. The number of nitrogen functional groups attached to an aromatic ring is 1. The molecule has 0 bridgehead atoms. The van der Waals surface area contributed by atoms with Crippen molar-refractivity contribution in [3.05, 3.63) is 77.5 Å². The summed E-state index contributed by atoms with van der Waals surface area (Å²) in [7, 11) is 3.42. The number of aromatic nitrogens is 5. The molecule has 3 aromatic heterocycles. The highest BCUT2D eigenvalue weighted by molar-refractivity contribution is 6.11. The topological polar surface area (TPSA) is 126 Å². The van der Waals surface area contributed by atoms with Gasteiger partial charge in [0.05, 0.1) is 17.4 Å². The smallest absolute Gasteiger partial charge is 0.381 e. The molecule has 5 aromatic rings. The van der Waals surface area contributed by atoms with E-state index >= 15 is 0 Å². The molecule has 39 heavy (non-hydrogen) atoms. The Labute approximate surface area is 220 Å². The number of nitrogens with one attached hydrogen (secondary N) is 2. The van der Waals surface area contributed by atoms with E-state index in [1.54, 1.807) is 43.3 Å². The maximum absolute atomic E-state index is 13.8. The number of hydrogen-bond donors (Lipinski definition) is 3. The van der Waals surface area contributed by atoms with Crippen LogP contribution in [0.2, 0.25) is 0 Å². The van der Waals surface area contributed by atoms with Crippen molar-refractivity contribution >= 4 is 45.3 Å². The lowest BCUT2D eigenvalue weighted by Crippen LogP contribution is -2.17. The summed E-state index contributed by atoms with van der Waals surface area (Å²) in [6, 6.07) is 9.43. The first-order chi connectivity index (χ1) is 18.5. The number of imidazole rings is 1. The van der Waals surface area contributed by atoms with Crippen LogP contribution in [-0.2, 0) is 12.7 Å². The summed E-state index contributed by atoms with van der Waals surface area (Å²) in [5, 5.41) is 11.2. The van der Waals surface area contributed by atoms with E-state index in [2.05, 4.69) is 30.7 Å². The highest BCUT2D eigenvalue weighted by Gasteiger charge is 2.33. The molecule has 0 atom stereocenters. The van der Waals surface area contributed by atoms with Crippen LogP contribution in [0.5, 0.6) is 0 Å². The first kappa shape index (κ1) is 25.9. The molecule has 0 aliphatic carbocycles. The third-order valence-electron chi connectivity index (χ3n) is 6.12. The normalized spacial score (nSPS) is 11.9. The number of halogens is 3. The van der Waals surface area contributed by atoms with E-state index in [9.17, 15) is 18.0 Å². The third-order valence-corrected chi connectivity index (χ3v) is 6.12. The van der Waals surface area contributed by atoms with E-state index in [4.69, 9.17) is 5.73 Å². The first-order valence-corrected chi connectivity index (χ1v) is 11.8. The summed E-state index contributed by atoms with van der Waals surface area (Å²) in [6.07, 6.45) is -0.419. The van der Waals surface area contributed by atoms with Crippen molar-refractivity contribution in [1.82, 2.24) is 29.5 Å². The molecule has 0 fully saturated rings. The minimum absolute atomic E-state index is 0.135. The van der Waals surface area contributed by atoms with Crippen molar-refractivity contribution < 1.29 is 18.0 Å². The molecule has 3 heterocycles. The predicted molar refractivity (Wildman–Crippen MR) is 142 cm³/mol. The number of carbonyl (C=O) groups excluding carboxylic acids is 1. The number of alkyl halides is 3. The zero-order chi connectivity index (χ0) is 27.9. The van der Waals surface area contributed by atoms with Crippen LogP contribution in [0.15, 0.2) is 55.1 Å². The van der Waals surface area contributed by atoms with Crippen molar-refractivity contribution in [1.29, 1.82) is 0 Å². The minimum Gasteiger partial charge on any atom is -0.381 e. The van der Waals surface area contributed by atoms with Crippen molar-refractivity contribution in [3.8, 4) is 0 Å². The van der Waals surface area contributed by atoms with Crippen molar-refractivity contribution in [2.24, 2.45) is 0 Å². The van der Waals surface area contributed by atoms with E-state index in [0.717, 1.165) is 11.6 Å². The van der Waals surface area contributed by atoms with E-state index in [-0.39, 0.29) is 35.0 Å². The lowest BCUT2D eigenvalue weighted by atomic mass is 10.0. The molecule has 13 heteroatoms. The quantitative estimate of drug-likeness (QED) is 0.287. The second-order valence-electron chi connectivity index (χ2n) is 9.22. The highest BCUT2D eigenvalue weighted by atomic mass is 19.4. The lowest BCUT2D eigenvalue weighted by molar-refractivity contribution is -0.138. The number of pyridine rings is 1. The number of nitrogens with two attached hydrogens (primary N) is 1. The number of carbonyl (C=O) groups is 1. The Morgan fingerprint density at radius 3 is 2.62 bits per heavy atom. The van der Waals surface area contributed by atoms with Gasteiger partial charge in [0.2, 0.25) is 0 Å². The average Bonchev–Trinajstić information content (AvgIpc) is 3.31. The molecule has 0 saturated carbocycles. The van der Waals surface area contributed by atoms with Gasteiger partial charge < -0.3 is 21.3 Å². The van der Waals surface area contributed by atoms with E-state index < -0.39 is 17.6 Å². The number of nitrogens with zero attached hydrogens (tertiary/aromatic N) is 6. The van der Waals surface area contributed by atoms with E-state index in [0.29, 0.717) is 22.3 Å². The second kappa shape index (κ2) is 9.83. The molecular weight excluding hydrogens is 511 g/mol. The van der Waals surface area contributed by atoms with Gasteiger partial charge in [0, 0.05) is 29.2 Å². The van der Waals surface area contributed by atoms with Crippen LogP contribution in [0.4, 0.5) is 36.2 Å². The molecule has 0 unspecified atom stereocenters. The van der Waals surface area contributed by atoms with Crippen LogP contribution in [0, 0.1) is 6.92 Å². The predicted octanol–water partition coefficient (Wildman–Crippen LogP) is 4.64. The average molecular weight is 536 g/mol. The zero-order valence-electron chi connectivity index (χ0n) is 21.2. The number of benzene rings is 2. The summed E-state index contributed by atoms with van der Waals surface area (Å²) >= 11 is 0. The van der Waals surface area contributed by atoms with Gasteiger partial charge in [-0.1, -0.05) is 18.2 Å². The van der Waals surface area contributed by atoms with Crippen molar-refractivity contribution in [2.75, 3.05) is 30.5 Å². The Balaban J connectivity index is 1.51. The SMILES string of the molecule is Cc1ccc2c(Nc3ccc(CN(C)C)c(C(F)(F)F)c3)nccc2c1NC(=O)c1cnc2c(N)ncnn12. The van der Waals surface area contributed by atoms with Gasteiger partial charge in [0.25, 0.3) is 5.91 Å². The van der Waals surface area contributed by atoms with Crippen LogP contribution in [0.25, 0.3) is 16.4 Å².